The molecule has 1 N–H and O–H groups in total. The van der Waals surface area contributed by atoms with Crippen LogP contribution in [0.4, 0.5) is 30.7 Å². The molecule has 11 heteroatoms. The molecule has 1 unspecified atom stereocenters. The Hall–Kier alpha value is -2.82. The lowest BCUT2D eigenvalue weighted by Gasteiger charge is -2.18. The largest absolute Gasteiger partial charge is 0.573 e. The van der Waals surface area contributed by atoms with Gasteiger partial charge >= 0.3 is 12.5 Å². The van der Waals surface area contributed by atoms with Crippen molar-refractivity contribution in [3.63, 3.8) is 0 Å². The van der Waals surface area contributed by atoms with E-state index in [-0.39, 0.29) is 16.9 Å². The van der Waals surface area contributed by atoms with E-state index in [1.54, 1.807) is 0 Å². The zero-order valence-corrected chi connectivity index (χ0v) is 13.7. The molecule has 150 valence electrons. The van der Waals surface area contributed by atoms with Gasteiger partial charge in [0, 0.05) is 6.07 Å². The topological polar surface area (TPSA) is 47.1 Å². The van der Waals surface area contributed by atoms with Crippen LogP contribution in [0.5, 0.6) is 5.75 Å². The molecule has 3 rings (SSSR count). The number of benzene rings is 2. The van der Waals surface area contributed by atoms with E-state index in [2.05, 4.69) is 14.7 Å². The number of aromatic amines is 1. The van der Waals surface area contributed by atoms with Gasteiger partial charge in [-0.05, 0) is 29.8 Å². The summed E-state index contributed by atoms with van der Waals surface area (Å²) in [6.45, 7) is -1.62. The van der Waals surface area contributed by atoms with Crippen LogP contribution in [-0.2, 0) is 4.74 Å². The highest BCUT2D eigenvalue weighted by atomic mass is 19.4. The van der Waals surface area contributed by atoms with Crippen molar-refractivity contribution in [1.82, 2.24) is 9.97 Å². The van der Waals surface area contributed by atoms with Crippen LogP contribution in [0.2, 0.25) is 0 Å². The summed E-state index contributed by atoms with van der Waals surface area (Å²) >= 11 is 0. The number of ether oxygens (including phenoxy) is 2. The number of hydrogen-bond donors (Lipinski definition) is 1. The van der Waals surface area contributed by atoms with E-state index in [1.165, 1.54) is 6.07 Å². The Morgan fingerprint density at radius 2 is 1.64 bits per heavy atom. The molecule has 2 aromatic carbocycles. The molecule has 0 spiro atoms. The molecule has 0 amide bonds. The van der Waals surface area contributed by atoms with Crippen molar-refractivity contribution >= 4 is 11.0 Å². The fourth-order valence-corrected chi connectivity index (χ4v) is 2.48. The monoisotopic (exact) mass is 408 g/mol. The third-order valence-corrected chi connectivity index (χ3v) is 3.54. The van der Waals surface area contributed by atoms with Gasteiger partial charge in [-0.3, -0.25) is 0 Å². The summed E-state index contributed by atoms with van der Waals surface area (Å²) in [6, 6.07) is 7.69. The number of fused-ring (bicyclic) bond motifs is 1. The first kappa shape index (κ1) is 19.9. The first-order valence-corrected chi connectivity index (χ1v) is 7.69. The SMILES string of the molecule is Fc1ccc2[nH]c(C(OCC(F)(F)F)c3ccc(OC(F)(F)F)cc3)nc2c1. The van der Waals surface area contributed by atoms with Crippen LogP contribution >= 0.6 is 0 Å². The molecule has 28 heavy (non-hydrogen) atoms. The van der Waals surface area contributed by atoms with Gasteiger partial charge < -0.3 is 14.5 Å². The molecule has 0 radical (unpaired) electrons. The minimum absolute atomic E-state index is 0.0608. The normalized spacial score (nSPS) is 13.7. The lowest BCUT2D eigenvalue weighted by molar-refractivity contribution is -0.274. The molecule has 1 heterocycles. The Kier molecular flexibility index (Phi) is 5.20. The molecule has 0 aliphatic rings. The van der Waals surface area contributed by atoms with Crippen LogP contribution in [0, 0.1) is 5.82 Å². The smallest absolute Gasteiger partial charge is 0.406 e. The van der Waals surface area contributed by atoms with E-state index < -0.39 is 36.8 Å². The molecule has 0 fully saturated rings. The highest BCUT2D eigenvalue weighted by Crippen LogP contribution is 2.31. The summed E-state index contributed by atoms with van der Waals surface area (Å²) in [5.41, 5.74) is 0.611. The van der Waals surface area contributed by atoms with Gasteiger partial charge in [-0.1, -0.05) is 12.1 Å². The standard InChI is InChI=1S/C17H11F7N2O2/c18-10-3-6-12-13(7-10)26-15(25-12)14(27-8-16(19,20)21)9-1-4-11(5-2-9)28-17(22,23)24/h1-7,14H,8H2,(H,25,26). The average molecular weight is 408 g/mol. The summed E-state index contributed by atoms with van der Waals surface area (Å²) in [5, 5.41) is 0. The Bertz CT molecular complexity index is 949. The first-order chi connectivity index (χ1) is 13.0. The molecular weight excluding hydrogens is 397 g/mol. The molecule has 0 aliphatic heterocycles. The van der Waals surface area contributed by atoms with Gasteiger partial charge in [0.2, 0.25) is 0 Å². The maximum Gasteiger partial charge on any atom is 0.573 e. The Morgan fingerprint density at radius 3 is 2.25 bits per heavy atom. The summed E-state index contributed by atoms with van der Waals surface area (Å²) in [7, 11) is 0. The fourth-order valence-electron chi connectivity index (χ4n) is 2.48. The number of halogens is 7. The zero-order chi connectivity index (χ0) is 20.5. The number of hydrogen-bond acceptors (Lipinski definition) is 3. The van der Waals surface area contributed by atoms with E-state index in [1.807, 2.05) is 0 Å². The van der Waals surface area contributed by atoms with E-state index in [0.29, 0.717) is 5.52 Å². The second-order valence-electron chi connectivity index (χ2n) is 5.71. The zero-order valence-electron chi connectivity index (χ0n) is 13.7. The minimum Gasteiger partial charge on any atom is -0.406 e. The number of rotatable bonds is 5. The number of aromatic nitrogens is 2. The average Bonchev–Trinajstić information content (AvgIpc) is 2.96. The van der Waals surface area contributed by atoms with E-state index >= 15 is 0 Å². The molecule has 0 saturated carbocycles. The fraction of sp³-hybridized carbons (Fsp3) is 0.235. The van der Waals surface area contributed by atoms with Crippen molar-refractivity contribution in [1.29, 1.82) is 0 Å². The third kappa shape index (κ3) is 5.12. The molecule has 0 bridgehead atoms. The van der Waals surface area contributed by atoms with Crippen LogP contribution in [-0.4, -0.2) is 29.1 Å². The lowest BCUT2D eigenvalue weighted by atomic mass is 10.1. The Labute approximate surface area is 152 Å². The summed E-state index contributed by atoms with van der Waals surface area (Å²) < 4.78 is 96.5. The predicted molar refractivity (Wildman–Crippen MR) is 83.0 cm³/mol. The highest BCUT2D eigenvalue weighted by Gasteiger charge is 2.32. The molecule has 0 saturated heterocycles. The van der Waals surface area contributed by atoms with E-state index in [9.17, 15) is 30.7 Å². The molecule has 1 aromatic heterocycles. The van der Waals surface area contributed by atoms with Crippen LogP contribution in [0.1, 0.15) is 17.5 Å². The number of alkyl halides is 6. The number of nitrogens with one attached hydrogen (secondary N) is 1. The van der Waals surface area contributed by atoms with Crippen LogP contribution in [0.25, 0.3) is 11.0 Å². The second-order valence-corrected chi connectivity index (χ2v) is 5.71. The van der Waals surface area contributed by atoms with E-state index in [0.717, 1.165) is 36.4 Å². The number of imidazole rings is 1. The predicted octanol–water partition coefficient (Wildman–Crippen LogP) is 5.27. The van der Waals surface area contributed by atoms with Crippen molar-refractivity contribution < 1.29 is 40.2 Å². The van der Waals surface area contributed by atoms with Gasteiger partial charge in [0.25, 0.3) is 0 Å². The van der Waals surface area contributed by atoms with Crippen LogP contribution in [0.3, 0.4) is 0 Å². The van der Waals surface area contributed by atoms with Crippen molar-refractivity contribution in [2.24, 2.45) is 0 Å². The van der Waals surface area contributed by atoms with Crippen molar-refractivity contribution in [2.45, 2.75) is 18.6 Å². The minimum atomic E-state index is -4.91. The molecule has 3 aromatic rings. The molecule has 4 nitrogen and oxygen atoms in total. The Morgan fingerprint density at radius 1 is 0.964 bits per heavy atom. The molecule has 0 aliphatic carbocycles. The lowest BCUT2D eigenvalue weighted by Crippen LogP contribution is -2.21. The van der Waals surface area contributed by atoms with Crippen LogP contribution < -0.4 is 4.74 Å². The second kappa shape index (κ2) is 7.30. The number of H-pyrrole nitrogens is 1. The van der Waals surface area contributed by atoms with Crippen molar-refractivity contribution in [3.05, 3.63) is 59.7 Å². The van der Waals surface area contributed by atoms with Gasteiger partial charge in [-0.25, -0.2) is 9.37 Å². The van der Waals surface area contributed by atoms with Gasteiger partial charge in [-0.15, -0.1) is 13.2 Å². The van der Waals surface area contributed by atoms with Crippen molar-refractivity contribution in [3.8, 4) is 5.75 Å². The summed E-state index contributed by atoms with van der Waals surface area (Å²) in [4.78, 5) is 6.76. The van der Waals surface area contributed by atoms with E-state index in [4.69, 9.17) is 4.74 Å². The van der Waals surface area contributed by atoms with Crippen molar-refractivity contribution in [2.75, 3.05) is 6.61 Å². The maximum absolute atomic E-state index is 13.3. The highest BCUT2D eigenvalue weighted by molar-refractivity contribution is 5.75. The van der Waals surface area contributed by atoms with Gasteiger partial charge in [0.05, 0.1) is 11.0 Å². The summed E-state index contributed by atoms with van der Waals surface area (Å²) in [5.74, 6) is -1.20. The third-order valence-electron chi connectivity index (χ3n) is 3.54. The molecule has 1 atom stereocenters. The first-order valence-electron chi connectivity index (χ1n) is 7.69. The maximum atomic E-state index is 13.3. The Balaban J connectivity index is 1.93. The quantitative estimate of drug-likeness (QED) is 0.586. The van der Waals surface area contributed by atoms with Crippen LogP contribution in [0.15, 0.2) is 42.5 Å². The van der Waals surface area contributed by atoms with Gasteiger partial charge in [0.15, 0.2) is 0 Å². The van der Waals surface area contributed by atoms with Gasteiger partial charge in [0.1, 0.15) is 30.1 Å². The summed E-state index contributed by atoms with van der Waals surface area (Å²) in [6.07, 6.45) is -10.9. The molecular formula is C17H11F7N2O2. The van der Waals surface area contributed by atoms with Gasteiger partial charge in [-0.2, -0.15) is 13.2 Å². The number of nitrogens with zero attached hydrogens (tertiary/aromatic N) is 1.